The van der Waals surface area contributed by atoms with Gasteiger partial charge in [0.2, 0.25) is 5.91 Å². The minimum absolute atomic E-state index is 0.000659. The van der Waals surface area contributed by atoms with Crippen LogP contribution in [0.2, 0.25) is 0 Å². The molecule has 0 aromatic heterocycles. The maximum Gasteiger partial charge on any atom is 0.416 e. The summed E-state index contributed by atoms with van der Waals surface area (Å²) in [6.45, 7) is 9.58. The molecule has 1 N–H and O–H groups in total. The molecular weight excluding hydrogens is 433 g/mol. The summed E-state index contributed by atoms with van der Waals surface area (Å²) < 4.78 is 51.4. The number of rotatable bonds is 8. The molecule has 2 aromatic carbocycles. The Hall–Kier alpha value is -2.74. The number of benzene rings is 2. The van der Waals surface area contributed by atoms with Crippen molar-refractivity contribution in [2.24, 2.45) is 5.92 Å². The average Bonchev–Trinajstić information content (AvgIpc) is 2.68. The number of hydrogen-bond donors (Lipinski definition) is 1. The fourth-order valence-electron chi connectivity index (χ4n) is 4.09. The molecule has 1 aliphatic rings. The van der Waals surface area contributed by atoms with E-state index in [1.165, 1.54) is 0 Å². The standard InChI is InChI=1S/C25H31F3N2O3/c1-15(2)33-22-9-19(8-21(10-22)25(26,27)28)14-32-23-16(3)6-18(7-17(23)4)11-30-12-20(13-30)24(31)29-5/h6-10,15,20H,11-14H2,1-5H3,(H,29,31). The van der Waals surface area contributed by atoms with Crippen LogP contribution < -0.4 is 14.8 Å². The molecule has 0 radical (unpaired) electrons. The van der Waals surface area contributed by atoms with Crippen molar-refractivity contribution in [3.63, 3.8) is 0 Å². The number of ether oxygens (including phenoxy) is 2. The summed E-state index contributed by atoms with van der Waals surface area (Å²) in [5.41, 5.74) is 2.58. The van der Waals surface area contributed by atoms with Crippen LogP contribution in [0.1, 0.15) is 41.7 Å². The van der Waals surface area contributed by atoms with E-state index in [1.54, 1.807) is 27.0 Å². The number of halogens is 3. The number of nitrogens with one attached hydrogen (secondary N) is 1. The van der Waals surface area contributed by atoms with E-state index in [0.717, 1.165) is 48.5 Å². The monoisotopic (exact) mass is 464 g/mol. The molecule has 1 saturated heterocycles. The van der Waals surface area contributed by atoms with Gasteiger partial charge in [-0.1, -0.05) is 12.1 Å². The van der Waals surface area contributed by atoms with Crippen molar-refractivity contribution in [3.05, 3.63) is 58.1 Å². The molecule has 5 nitrogen and oxygen atoms in total. The molecule has 0 saturated carbocycles. The SMILES string of the molecule is CNC(=O)C1CN(Cc2cc(C)c(OCc3cc(OC(C)C)cc(C(F)(F)F)c3)c(C)c2)C1. The Morgan fingerprint density at radius 1 is 1.09 bits per heavy atom. The second kappa shape index (κ2) is 10.0. The van der Waals surface area contributed by atoms with Crippen LogP contribution in [-0.2, 0) is 24.1 Å². The van der Waals surface area contributed by atoms with Gasteiger partial charge in [-0.2, -0.15) is 13.2 Å². The molecule has 2 aromatic rings. The van der Waals surface area contributed by atoms with Gasteiger partial charge in [-0.3, -0.25) is 9.69 Å². The van der Waals surface area contributed by atoms with Crippen LogP contribution in [-0.4, -0.2) is 37.0 Å². The smallest absolute Gasteiger partial charge is 0.416 e. The van der Waals surface area contributed by atoms with E-state index in [1.807, 2.05) is 26.0 Å². The quantitative estimate of drug-likeness (QED) is 0.606. The number of hydrogen-bond acceptors (Lipinski definition) is 4. The Labute approximate surface area is 192 Å². The first-order valence-electron chi connectivity index (χ1n) is 11.0. The van der Waals surface area contributed by atoms with Crippen LogP contribution >= 0.6 is 0 Å². The van der Waals surface area contributed by atoms with Crippen molar-refractivity contribution in [2.45, 2.75) is 53.1 Å². The largest absolute Gasteiger partial charge is 0.491 e. The van der Waals surface area contributed by atoms with Crippen LogP contribution in [0.4, 0.5) is 13.2 Å². The van der Waals surface area contributed by atoms with Gasteiger partial charge >= 0.3 is 6.18 Å². The normalized spacial score (nSPS) is 14.8. The summed E-state index contributed by atoms with van der Waals surface area (Å²) in [5.74, 6) is 0.942. The van der Waals surface area contributed by atoms with Crippen LogP contribution in [0.25, 0.3) is 0 Å². The lowest BCUT2D eigenvalue weighted by Gasteiger charge is -2.38. The topological polar surface area (TPSA) is 50.8 Å². The van der Waals surface area contributed by atoms with Crippen molar-refractivity contribution in [3.8, 4) is 11.5 Å². The van der Waals surface area contributed by atoms with Gasteiger partial charge in [-0.05, 0) is 68.1 Å². The average molecular weight is 465 g/mol. The van der Waals surface area contributed by atoms with Gasteiger partial charge in [0.25, 0.3) is 0 Å². The van der Waals surface area contributed by atoms with Gasteiger partial charge in [0, 0.05) is 26.7 Å². The number of carbonyl (C=O) groups is 1. The Balaban J connectivity index is 1.69. The van der Waals surface area contributed by atoms with Crippen LogP contribution in [0.15, 0.2) is 30.3 Å². The van der Waals surface area contributed by atoms with Gasteiger partial charge in [0.1, 0.15) is 18.1 Å². The number of aryl methyl sites for hydroxylation is 2. The lowest BCUT2D eigenvalue weighted by atomic mass is 9.97. The van der Waals surface area contributed by atoms with E-state index in [4.69, 9.17) is 9.47 Å². The molecule has 1 fully saturated rings. The second-order valence-corrected chi connectivity index (χ2v) is 8.88. The summed E-state index contributed by atoms with van der Waals surface area (Å²) in [4.78, 5) is 13.9. The summed E-state index contributed by atoms with van der Waals surface area (Å²) >= 11 is 0. The number of carbonyl (C=O) groups excluding carboxylic acids is 1. The zero-order valence-corrected chi connectivity index (χ0v) is 19.7. The van der Waals surface area contributed by atoms with E-state index in [-0.39, 0.29) is 30.3 Å². The highest BCUT2D eigenvalue weighted by Gasteiger charge is 2.32. The minimum atomic E-state index is -4.47. The Kier molecular flexibility index (Phi) is 7.57. The molecule has 1 aliphatic heterocycles. The predicted octanol–water partition coefficient (Wildman–Crippen LogP) is 4.87. The first-order valence-corrected chi connectivity index (χ1v) is 11.0. The molecule has 3 rings (SSSR count). The van der Waals surface area contributed by atoms with Gasteiger partial charge in [0.05, 0.1) is 17.6 Å². The van der Waals surface area contributed by atoms with Gasteiger partial charge in [-0.25, -0.2) is 0 Å². The highest BCUT2D eigenvalue weighted by molar-refractivity contribution is 5.79. The van der Waals surface area contributed by atoms with E-state index >= 15 is 0 Å². The van der Waals surface area contributed by atoms with E-state index in [0.29, 0.717) is 11.3 Å². The molecule has 0 spiro atoms. The zero-order chi connectivity index (χ0) is 24.3. The maximum absolute atomic E-state index is 13.3. The highest BCUT2D eigenvalue weighted by atomic mass is 19.4. The molecule has 0 atom stereocenters. The minimum Gasteiger partial charge on any atom is -0.491 e. The summed E-state index contributed by atoms with van der Waals surface area (Å²) in [6.07, 6.45) is -4.70. The van der Waals surface area contributed by atoms with Gasteiger partial charge < -0.3 is 14.8 Å². The maximum atomic E-state index is 13.3. The van der Waals surface area contributed by atoms with E-state index in [9.17, 15) is 18.0 Å². The van der Waals surface area contributed by atoms with E-state index in [2.05, 4.69) is 10.2 Å². The predicted molar refractivity (Wildman–Crippen MR) is 120 cm³/mol. The number of likely N-dealkylation sites (tertiary alicyclic amines) is 1. The van der Waals surface area contributed by atoms with Gasteiger partial charge in [-0.15, -0.1) is 0 Å². The molecular formula is C25H31F3N2O3. The third kappa shape index (κ3) is 6.41. The van der Waals surface area contributed by atoms with E-state index < -0.39 is 11.7 Å². The lowest BCUT2D eigenvalue weighted by molar-refractivity contribution is -0.137. The van der Waals surface area contributed by atoms with Crippen molar-refractivity contribution in [1.82, 2.24) is 10.2 Å². The fourth-order valence-corrected chi connectivity index (χ4v) is 4.09. The van der Waals surface area contributed by atoms with Crippen molar-refractivity contribution in [2.75, 3.05) is 20.1 Å². The molecule has 180 valence electrons. The molecule has 0 bridgehead atoms. The first kappa shape index (κ1) is 24.9. The second-order valence-electron chi connectivity index (χ2n) is 8.88. The number of amides is 1. The van der Waals surface area contributed by atoms with Crippen LogP contribution in [0.3, 0.4) is 0 Å². The summed E-state index contributed by atoms with van der Waals surface area (Å²) in [6, 6.07) is 7.74. The molecule has 33 heavy (non-hydrogen) atoms. The number of alkyl halides is 3. The zero-order valence-electron chi connectivity index (χ0n) is 19.7. The summed E-state index contributed by atoms with van der Waals surface area (Å²) in [7, 11) is 1.65. The lowest BCUT2D eigenvalue weighted by Crippen LogP contribution is -2.52. The van der Waals surface area contributed by atoms with Crippen molar-refractivity contribution in [1.29, 1.82) is 0 Å². The summed E-state index contributed by atoms with van der Waals surface area (Å²) in [5, 5.41) is 2.68. The Morgan fingerprint density at radius 3 is 2.27 bits per heavy atom. The van der Waals surface area contributed by atoms with Crippen molar-refractivity contribution < 1.29 is 27.4 Å². The Bertz CT molecular complexity index is 976. The molecule has 0 unspecified atom stereocenters. The molecule has 0 aliphatic carbocycles. The highest BCUT2D eigenvalue weighted by Crippen LogP contribution is 2.34. The van der Waals surface area contributed by atoms with Crippen LogP contribution in [0, 0.1) is 19.8 Å². The molecule has 1 heterocycles. The Morgan fingerprint density at radius 2 is 1.73 bits per heavy atom. The third-order valence-corrected chi connectivity index (χ3v) is 5.55. The van der Waals surface area contributed by atoms with Crippen LogP contribution in [0.5, 0.6) is 11.5 Å². The molecule has 8 heteroatoms. The molecule has 1 amide bonds. The first-order chi connectivity index (χ1) is 15.5. The van der Waals surface area contributed by atoms with Crippen molar-refractivity contribution >= 4 is 5.91 Å². The van der Waals surface area contributed by atoms with Gasteiger partial charge in [0.15, 0.2) is 0 Å². The third-order valence-electron chi connectivity index (χ3n) is 5.55. The fraction of sp³-hybridized carbons (Fsp3) is 0.480. The number of nitrogens with zero attached hydrogens (tertiary/aromatic N) is 1.